The lowest BCUT2D eigenvalue weighted by Crippen LogP contribution is -2.54. The molecule has 2 aromatic carbocycles. The van der Waals surface area contributed by atoms with Crippen molar-refractivity contribution in [2.75, 3.05) is 13.2 Å². The summed E-state index contributed by atoms with van der Waals surface area (Å²) in [5, 5.41) is 36.0. The molecule has 0 radical (unpaired) electrons. The van der Waals surface area contributed by atoms with E-state index in [1.807, 2.05) is 37.3 Å². The van der Waals surface area contributed by atoms with Gasteiger partial charge in [-0.3, -0.25) is 0 Å². The summed E-state index contributed by atoms with van der Waals surface area (Å²) in [6.07, 6.45) is -3.20. The normalized spacial score (nSPS) is 25.1. The molecule has 1 saturated heterocycles. The van der Waals surface area contributed by atoms with Gasteiger partial charge in [0, 0.05) is 5.02 Å². The zero-order chi connectivity index (χ0) is 25.6. The van der Waals surface area contributed by atoms with E-state index in [-0.39, 0.29) is 5.41 Å². The highest BCUT2D eigenvalue weighted by Gasteiger charge is 2.43. The standard InChI is InChI=1S/C27H36ClNO6/c1-5-33-20-9-6-17(7-10-20)14-19-15-18(8-11-21(19)28)26-25(32)24(31)23(30)22(35-26)16-29-34-13-12-27(2,3)4/h6-11,15-16,22-26,30-32H,5,12-14H2,1-4H3/t22-,23-,24+,25-,26+/m1/s1. The summed E-state index contributed by atoms with van der Waals surface area (Å²) in [7, 11) is 0. The number of aliphatic hydroxyl groups is 3. The number of rotatable bonds is 9. The molecule has 192 valence electrons. The van der Waals surface area contributed by atoms with Gasteiger partial charge < -0.3 is 29.6 Å². The molecule has 1 fully saturated rings. The second kappa shape index (κ2) is 12.2. The van der Waals surface area contributed by atoms with Gasteiger partial charge in [-0.25, -0.2) is 0 Å². The topological polar surface area (TPSA) is 101 Å². The van der Waals surface area contributed by atoms with Crippen molar-refractivity contribution in [3.05, 3.63) is 64.2 Å². The summed E-state index contributed by atoms with van der Waals surface area (Å²) in [4.78, 5) is 5.30. The molecule has 1 aliphatic rings. The maximum absolute atomic E-state index is 10.7. The van der Waals surface area contributed by atoms with Crippen LogP contribution in [0.4, 0.5) is 0 Å². The van der Waals surface area contributed by atoms with E-state index in [2.05, 4.69) is 25.9 Å². The van der Waals surface area contributed by atoms with Crippen LogP contribution >= 0.6 is 11.6 Å². The van der Waals surface area contributed by atoms with Gasteiger partial charge in [0.05, 0.1) is 12.8 Å². The first kappa shape index (κ1) is 27.4. The average molecular weight is 506 g/mol. The predicted octanol–water partition coefficient (Wildman–Crippen LogP) is 4.29. The van der Waals surface area contributed by atoms with Gasteiger partial charge in [0.2, 0.25) is 0 Å². The largest absolute Gasteiger partial charge is 0.494 e. The van der Waals surface area contributed by atoms with Crippen molar-refractivity contribution in [2.45, 2.75) is 71.1 Å². The van der Waals surface area contributed by atoms with Crippen molar-refractivity contribution in [3.63, 3.8) is 0 Å². The van der Waals surface area contributed by atoms with Crippen molar-refractivity contribution in [2.24, 2.45) is 10.6 Å². The molecule has 0 aliphatic carbocycles. The fourth-order valence-electron chi connectivity index (χ4n) is 3.81. The van der Waals surface area contributed by atoms with Crippen molar-refractivity contribution in [3.8, 4) is 5.75 Å². The molecule has 0 bridgehead atoms. The molecule has 35 heavy (non-hydrogen) atoms. The number of halogens is 1. The predicted molar refractivity (Wildman–Crippen MR) is 136 cm³/mol. The smallest absolute Gasteiger partial charge is 0.125 e. The van der Waals surface area contributed by atoms with Gasteiger partial charge in [-0.2, -0.15) is 0 Å². The van der Waals surface area contributed by atoms with Gasteiger partial charge in [0.1, 0.15) is 42.9 Å². The Hall–Kier alpha value is -2.16. The Balaban J connectivity index is 1.73. The maximum Gasteiger partial charge on any atom is 0.125 e. The van der Waals surface area contributed by atoms with Crippen LogP contribution in [0, 0.1) is 5.41 Å². The molecule has 1 heterocycles. The van der Waals surface area contributed by atoms with E-state index in [4.69, 9.17) is 25.9 Å². The quantitative estimate of drug-likeness (QED) is 0.267. The minimum absolute atomic E-state index is 0.111. The first-order chi connectivity index (χ1) is 16.6. The van der Waals surface area contributed by atoms with Crippen LogP contribution in [0.3, 0.4) is 0 Å². The fraction of sp³-hybridized carbons (Fsp3) is 0.519. The number of oxime groups is 1. The van der Waals surface area contributed by atoms with E-state index < -0.39 is 30.5 Å². The molecule has 5 atom stereocenters. The van der Waals surface area contributed by atoms with E-state index >= 15 is 0 Å². The van der Waals surface area contributed by atoms with Crippen LogP contribution in [-0.2, 0) is 16.0 Å². The Morgan fingerprint density at radius 3 is 2.40 bits per heavy atom. The summed E-state index contributed by atoms with van der Waals surface area (Å²) in [5.41, 5.74) is 2.64. The highest BCUT2D eigenvalue weighted by atomic mass is 35.5. The van der Waals surface area contributed by atoms with E-state index in [0.29, 0.717) is 30.2 Å². The summed E-state index contributed by atoms with van der Waals surface area (Å²) in [6, 6.07) is 13.1. The lowest BCUT2D eigenvalue weighted by molar-refractivity contribution is -0.205. The summed E-state index contributed by atoms with van der Waals surface area (Å²) >= 11 is 6.46. The minimum atomic E-state index is -1.41. The van der Waals surface area contributed by atoms with E-state index in [0.717, 1.165) is 23.3 Å². The Labute approximate surface area is 212 Å². The zero-order valence-electron chi connectivity index (χ0n) is 20.7. The fourth-order valence-corrected chi connectivity index (χ4v) is 3.99. The Bertz CT molecular complexity index is 975. The molecular weight excluding hydrogens is 470 g/mol. The number of hydrogen-bond acceptors (Lipinski definition) is 7. The molecule has 1 aliphatic heterocycles. The van der Waals surface area contributed by atoms with E-state index in [1.54, 1.807) is 12.1 Å². The first-order valence-electron chi connectivity index (χ1n) is 11.9. The van der Waals surface area contributed by atoms with Crippen LogP contribution in [0.5, 0.6) is 5.75 Å². The van der Waals surface area contributed by atoms with Crippen LogP contribution in [0.2, 0.25) is 5.02 Å². The van der Waals surface area contributed by atoms with Crippen LogP contribution < -0.4 is 4.74 Å². The second-order valence-electron chi connectivity index (χ2n) is 10.00. The van der Waals surface area contributed by atoms with Crippen molar-refractivity contribution in [1.29, 1.82) is 0 Å². The average Bonchev–Trinajstić information content (AvgIpc) is 2.81. The molecule has 0 spiro atoms. The number of aliphatic hydroxyl groups excluding tert-OH is 3. The van der Waals surface area contributed by atoms with Crippen LogP contribution in [0.1, 0.15) is 56.9 Å². The third-order valence-corrected chi connectivity index (χ3v) is 6.27. The highest BCUT2D eigenvalue weighted by Crippen LogP contribution is 2.34. The molecule has 8 heteroatoms. The molecule has 0 amide bonds. The monoisotopic (exact) mass is 505 g/mol. The van der Waals surface area contributed by atoms with Gasteiger partial charge >= 0.3 is 0 Å². The van der Waals surface area contributed by atoms with Crippen molar-refractivity contribution < 1.29 is 29.6 Å². The number of nitrogens with zero attached hydrogens (tertiary/aromatic N) is 1. The lowest BCUT2D eigenvalue weighted by atomic mass is 9.90. The molecular formula is C27H36ClNO6. The van der Waals surface area contributed by atoms with Gasteiger partial charge in [0.25, 0.3) is 0 Å². The SMILES string of the molecule is CCOc1ccc(Cc2cc([C@@H]3O[C@H](C=NOCCC(C)(C)C)[C@@H](O)[C@H](O)[C@H]3O)ccc2Cl)cc1. The van der Waals surface area contributed by atoms with Crippen LogP contribution in [0.15, 0.2) is 47.6 Å². The van der Waals surface area contributed by atoms with Gasteiger partial charge in [-0.05, 0) is 60.1 Å². The Morgan fingerprint density at radius 1 is 1.03 bits per heavy atom. The molecule has 3 N–H and O–H groups in total. The highest BCUT2D eigenvalue weighted by molar-refractivity contribution is 6.31. The van der Waals surface area contributed by atoms with E-state index in [1.165, 1.54) is 6.21 Å². The lowest BCUT2D eigenvalue weighted by Gasteiger charge is -2.39. The van der Waals surface area contributed by atoms with Crippen LogP contribution in [-0.4, -0.2) is 59.2 Å². The number of benzene rings is 2. The first-order valence-corrected chi connectivity index (χ1v) is 12.3. The third kappa shape index (κ3) is 7.66. The summed E-state index contributed by atoms with van der Waals surface area (Å²) in [6.45, 7) is 9.27. The molecule has 0 unspecified atom stereocenters. The minimum Gasteiger partial charge on any atom is -0.494 e. The zero-order valence-corrected chi connectivity index (χ0v) is 21.5. The molecule has 0 aromatic heterocycles. The number of hydrogen-bond donors (Lipinski definition) is 3. The second-order valence-corrected chi connectivity index (χ2v) is 10.4. The molecule has 3 rings (SSSR count). The Morgan fingerprint density at radius 2 is 1.74 bits per heavy atom. The van der Waals surface area contributed by atoms with Crippen molar-refractivity contribution in [1.82, 2.24) is 0 Å². The molecule has 0 saturated carbocycles. The third-order valence-electron chi connectivity index (χ3n) is 5.90. The van der Waals surface area contributed by atoms with Gasteiger partial charge in [0.15, 0.2) is 0 Å². The maximum atomic E-state index is 10.7. The van der Waals surface area contributed by atoms with Crippen molar-refractivity contribution >= 4 is 17.8 Å². The Kier molecular flexibility index (Phi) is 9.55. The summed E-state index contributed by atoms with van der Waals surface area (Å²) < 4.78 is 11.4. The van der Waals surface area contributed by atoms with Gasteiger partial charge in [-0.15, -0.1) is 0 Å². The number of ether oxygens (including phenoxy) is 2. The van der Waals surface area contributed by atoms with Crippen LogP contribution in [0.25, 0.3) is 0 Å². The van der Waals surface area contributed by atoms with Gasteiger partial charge in [-0.1, -0.05) is 61.8 Å². The van der Waals surface area contributed by atoms with E-state index in [9.17, 15) is 15.3 Å². The summed E-state index contributed by atoms with van der Waals surface area (Å²) in [5.74, 6) is 0.803. The molecule has 2 aromatic rings. The molecule has 7 nitrogen and oxygen atoms in total.